The van der Waals surface area contributed by atoms with Gasteiger partial charge in [0, 0.05) is 6.61 Å². The third kappa shape index (κ3) is 6.71. The predicted molar refractivity (Wildman–Crippen MR) is 79.4 cm³/mol. The third-order valence-corrected chi connectivity index (χ3v) is 3.02. The van der Waals surface area contributed by atoms with Gasteiger partial charge >= 0.3 is 0 Å². The molecule has 1 unspecified atom stereocenters. The molecule has 0 aliphatic rings. The van der Waals surface area contributed by atoms with Crippen molar-refractivity contribution >= 4 is 0 Å². The van der Waals surface area contributed by atoms with Gasteiger partial charge in [-0.25, -0.2) is 0 Å². The molecule has 0 aliphatic carbocycles. The zero-order chi connectivity index (χ0) is 13.9. The quantitative estimate of drug-likeness (QED) is 0.660. The van der Waals surface area contributed by atoms with Crippen molar-refractivity contribution in [1.82, 2.24) is 5.32 Å². The van der Waals surface area contributed by atoms with E-state index in [2.05, 4.69) is 43.4 Å². The van der Waals surface area contributed by atoms with Crippen molar-refractivity contribution in [2.24, 2.45) is 0 Å². The standard InChI is InChI=1S/C16H27NO2/c1-4-17-11-10-15-8-6-7-9-16(15)13-19-14(3)12-18-5-2/h6-9,14,17H,4-5,10-13H2,1-3H3. The fourth-order valence-electron chi connectivity index (χ4n) is 1.91. The first-order valence-corrected chi connectivity index (χ1v) is 7.24. The van der Waals surface area contributed by atoms with Gasteiger partial charge in [0.15, 0.2) is 0 Å². The summed E-state index contributed by atoms with van der Waals surface area (Å²) in [6, 6.07) is 8.50. The first kappa shape index (κ1) is 16.2. The van der Waals surface area contributed by atoms with Crippen molar-refractivity contribution in [2.45, 2.75) is 39.9 Å². The van der Waals surface area contributed by atoms with Gasteiger partial charge in [0.2, 0.25) is 0 Å². The lowest BCUT2D eigenvalue weighted by molar-refractivity contribution is -0.0118. The molecule has 19 heavy (non-hydrogen) atoms. The molecule has 0 spiro atoms. The van der Waals surface area contributed by atoms with Gasteiger partial charge in [-0.1, -0.05) is 31.2 Å². The van der Waals surface area contributed by atoms with E-state index in [0.29, 0.717) is 13.2 Å². The summed E-state index contributed by atoms with van der Waals surface area (Å²) in [6.07, 6.45) is 1.19. The topological polar surface area (TPSA) is 30.5 Å². The maximum absolute atomic E-state index is 5.83. The van der Waals surface area contributed by atoms with Crippen LogP contribution >= 0.6 is 0 Å². The first-order valence-electron chi connectivity index (χ1n) is 7.24. The van der Waals surface area contributed by atoms with Crippen LogP contribution < -0.4 is 5.32 Å². The van der Waals surface area contributed by atoms with Crippen molar-refractivity contribution in [2.75, 3.05) is 26.3 Å². The van der Waals surface area contributed by atoms with Gasteiger partial charge in [-0.15, -0.1) is 0 Å². The number of benzene rings is 1. The van der Waals surface area contributed by atoms with E-state index in [1.54, 1.807) is 0 Å². The van der Waals surface area contributed by atoms with Crippen molar-refractivity contribution in [1.29, 1.82) is 0 Å². The molecule has 0 saturated heterocycles. The van der Waals surface area contributed by atoms with Gasteiger partial charge in [0.1, 0.15) is 0 Å². The van der Waals surface area contributed by atoms with Crippen LogP contribution in [0.25, 0.3) is 0 Å². The van der Waals surface area contributed by atoms with Crippen LogP contribution in [0.3, 0.4) is 0 Å². The van der Waals surface area contributed by atoms with E-state index in [0.717, 1.165) is 26.1 Å². The zero-order valence-electron chi connectivity index (χ0n) is 12.4. The van der Waals surface area contributed by atoms with E-state index < -0.39 is 0 Å². The smallest absolute Gasteiger partial charge is 0.0785 e. The molecule has 1 N–H and O–H groups in total. The van der Waals surface area contributed by atoms with Crippen LogP contribution in [0.15, 0.2) is 24.3 Å². The highest BCUT2D eigenvalue weighted by molar-refractivity contribution is 5.26. The van der Waals surface area contributed by atoms with Crippen LogP contribution in [0.4, 0.5) is 0 Å². The van der Waals surface area contributed by atoms with Gasteiger partial charge < -0.3 is 14.8 Å². The molecule has 0 amide bonds. The number of rotatable bonds is 10. The highest BCUT2D eigenvalue weighted by atomic mass is 16.5. The molecule has 3 nitrogen and oxygen atoms in total. The van der Waals surface area contributed by atoms with Crippen LogP contribution in [-0.2, 0) is 22.5 Å². The van der Waals surface area contributed by atoms with Crippen molar-refractivity contribution in [3.8, 4) is 0 Å². The summed E-state index contributed by atoms with van der Waals surface area (Å²) in [5.41, 5.74) is 2.65. The van der Waals surface area contributed by atoms with Crippen molar-refractivity contribution in [3.05, 3.63) is 35.4 Å². The van der Waals surface area contributed by atoms with Gasteiger partial charge in [-0.3, -0.25) is 0 Å². The predicted octanol–water partition coefficient (Wildman–Crippen LogP) is 2.78. The molecule has 1 aromatic rings. The average molecular weight is 265 g/mol. The number of hydrogen-bond donors (Lipinski definition) is 1. The number of ether oxygens (including phenoxy) is 2. The summed E-state index contributed by atoms with van der Waals surface area (Å²) in [5, 5.41) is 3.36. The number of hydrogen-bond acceptors (Lipinski definition) is 3. The summed E-state index contributed by atoms with van der Waals surface area (Å²) in [6.45, 7) is 10.3. The number of nitrogens with one attached hydrogen (secondary N) is 1. The molecular formula is C16H27NO2. The largest absolute Gasteiger partial charge is 0.379 e. The molecule has 0 bridgehead atoms. The monoisotopic (exact) mass is 265 g/mol. The van der Waals surface area contributed by atoms with Crippen LogP contribution in [-0.4, -0.2) is 32.4 Å². The van der Waals surface area contributed by atoms with E-state index >= 15 is 0 Å². The molecular weight excluding hydrogens is 238 g/mol. The summed E-state index contributed by atoms with van der Waals surface area (Å²) < 4.78 is 11.2. The molecule has 1 atom stereocenters. The molecule has 108 valence electrons. The molecule has 0 heterocycles. The Bertz CT molecular complexity index is 341. The molecule has 0 aliphatic heterocycles. The molecule has 0 fully saturated rings. The van der Waals surface area contributed by atoms with Crippen LogP contribution in [0, 0.1) is 0 Å². The SMILES string of the molecule is CCNCCc1ccccc1COC(C)COCC. The lowest BCUT2D eigenvalue weighted by Gasteiger charge is -2.15. The molecule has 0 radical (unpaired) electrons. The lowest BCUT2D eigenvalue weighted by atomic mass is 10.1. The van der Waals surface area contributed by atoms with Crippen LogP contribution in [0.2, 0.25) is 0 Å². The fraction of sp³-hybridized carbons (Fsp3) is 0.625. The van der Waals surface area contributed by atoms with Gasteiger partial charge in [0.05, 0.1) is 19.3 Å². The summed E-state index contributed by atoms with van der Waals surface area (Å²) in [5.74, 6) is 0. The van der Waals surface area contributed by atoms with E-state index in [-0.39, 0.29) is 6.10 Å². The lowest BCUT2D eigenvalue weighted by Crippen LogP contribution is -2.18. The Hall–Kier alpha value is -0.900. The fourth-order valence-corrected chi connectivity index (χ4v) is 1.91. The molecule has 1 aromatic carbocycles. The Morgan fingerprint density at radius 1 is 1.16 bits per heavy atom. The van der Waals surface area contributed by atoms with E-state index in [1.165, 1.54) is 11.1 Å². The molecule has 0 saturated carbocycles. The number of likely N-dealkylation sites (N-methyl/N-ethyl adjacent to an activating group) is 1. The second-order valence-electron chi connectivity index (χ2n) is 4.65. The normalized spacial score (nSPS) is 12.6. The maximum atomic E-state index is 5.83. The van der Waals surface area contributed by atoms with Gasteiger partial charge in [-0.2, -0.15) is 0 Å². The van der Waals surface area contributed by atoms with Gasteiger partial charge in [0.25, 0.3) is 0 Å². The summed E-state index contributed by atoms with van der Waals surface area (Å²) >= 11 is 0. The Balaban J connectivity index is 2.43. The van der Waals surface area contributed by atoms with E-state index in [1.807, 2.05) is 6.92 Å². The minimum atomic E-state index is 0.141. The second kappa shape index (κ2) is 9.96. The molecule has 0 aromatic heterocycles. The van der Waals surface area contributed by atoms with Gasteiger partial charge in [-0.05, 0) is 44.5 Å². The Kier molecular flexibility index (Phi) is 8.47. The van der Waals surface area contributed by atoms with Crippen molar-refractivity contribution in [3.63, 3.8) is 0 Å². The first-order chi connectivity index (χ1) is 9.27. The minimum absolute atomic E-state index is 0.141. The maximum Gasteiger partial charge on any atom is 0.0785 e. The Labute approximate surface area is 117 Å². The molecule has 1 rings (SSSR count). The van der Waals surface area contributed by atoms with E-state index in [4.69, 9.17) is 9.47 Å². The van der Waals surface area contributed by atoms with Crippen molar-refractivity contribution < 1.29 is 9.47 Å². The minimum Gasteiger partial charge on any atom is -0.379 e. The Morgan fingerprint density at radius 2 is 1.89 bits per heavy atom. The highest BCUT2D eigenvalue weighted by Gasteiger charge is 2.05. The average Bonchev–Trinajstić information content (AvgIpc) is 2.44. The Morgan fingerprint density at radius 3 is 2.58 bits per heavy atom. The second-order valence-corrected chi connectivity index (χ2v) is 4.65. The summed E-state index contributed by atoms with van der Waals surface area (Å²) in [7, 11) is 0. The third-order valence-electron chi connectivity index (χ3n) is 3.02. The summed E-state index contributed by atoms with van der Waals surface area (Å²) in [4.78, 5) is 0. The van der Waals surface area contributed by atoms with Crippen LogP contribution in [0.5, 0.6) is 0 Å². The molecule has 3 heteroatoms. The zero-order valence-corrected chi connectivity index (χ0v) is 12.4. The van der Waals surface area contributed by atoms with E-state index in [9.17, 15) is 0 Å². The van der Waals surface area contributed by atoms with Crippen LogP contribution in [0.1, 0.15) is 31.9 Å². The highest BCUT2D eigenvalue weighted by Crippen LogP contribution is 2.12.